The highest BCUT2D eigenvalue weighted by Gasteiger charge is 2.28. The fraction of sp³-hybridized carbons (Fsp3) is 0.467. The van der Waals surface area contributed by atoms with Gasteiger partial charge in [0, 0.05) is 24.5 Å². The monoisotopic (exact) mass is 289 g/mol. The smallest absolute Gasteiger partial charge is 0.321 e. The number of anilines is 2. The first-order valence-corrected chi connectivity index (χ1v) is 7.21. The molecule has 21 heavy (non-hydrogen) atoms. The van der Waals surface area contributed by atoms with Gasteiger partial charge in [0.15, 0.2) is 0 Å². The summed E-state index contributed by atoms with van der Waals surface area (Å²) in [4.78, 5) is 25.3. The van der Waals surface area contributed by atoms with Gasteiger partial charge in [0.05, 0.1) is 18.6 Å². The lowest BCUT2D eigenvalue weighted by Crippen LogP contribution is -2.27. The van der Waals surface area contributed by atoms with Crippen LogP contribution in [-0.2, 0) is 9.53 Å². The molecule has 2 fully saturated rings. The van der Waals surface area contributed by atoms with Gasteiger partial charge in [-0.3, -0.25) is 9.69 Å². The van der Waals surface area contributed by atoms with Crippen molar-refractivity contribution >= 4 is 23.3 Å². The van der Waals surface area contributed by atoms with E-state index in [1.807, 2.05) is 31.2 Å². The average Bonchev–Trinajstić information content (AvgIpc) is 3.08. The van der Waals surface area contributed by atoms with Crippen molar-refractivity contribution in [1.29, 1.82) is 0 Å². The number of ether oxygens (including phenoxy) is 1. The molecule has 2 atom stereocenters. The number of hydrogen-bond acceptors (Lipinski definition) is 3. The van der Waals surface area contributed by atoms with Gasteiger partial charge in [-0.15, -0.1) is 0 Å². The minimum absolute atomic E-state index is 0.00832. The van der Waals surface area contributed by atoms with Crippen LogP contribution in [0.2, 0.25) is 0 Å². The molecule has 1 aromatic rings. The normalized spacial score (nSPS) is 25.0. The third kappa shape index (κ3) is 3.00. The Bertz CT molecular complexity index is 544. The van der Waals surface area contributed by atoms with E-state index in [1.54, 1.807) is 4.90 Å². The quantitative estimate of drug-likeness (QED) is 0.887. The summed E-state index contributed by atoms with van der Waals surface area (Å²) in [7, 11) is 0. The molecule has 0 aromatic heterocycles. The Balaban J connectivity index is 1.62. The van der Waals surface area contributed by atoms with Crippen LogP contribution >= 0.6 is 0 Å². The molecule has 3 rings (SSSR count). The van der Waals surface area contributed by atoms with Crippen molar-refractivity contribution in [2.45, 2.75) is 19.4 Å². The largest absolute Gasteiger partial charge is 0.378 e. The molecule has 6 heteroatoms. The van der Waals surface area contributed by atoms with Crippen LogP contribution in [0.25, 0.3) is 0 Å². The van der Waals surface area contributed by atoms with E-state index in [2.05, 4.69) is 10.6 Å². The highest BCUT2D eigenvalue weighted by atomic mass is 16.5. The van der Waals surface area contributed by atoms with E-state index in [4.69, 9.17) is 4.74 Å². The fourth-order valence-electron chi connectivity index (χ4n) is 2.69. The number of nitrogens with zero attached hydrogens (tertiary/aromatic N) is 1. The van der Waals surface area contributed by atoms with Crippen LogP contribution in [-0.4, -0.2) is 37.7 Å². The zero-order chi connectivity index (χ0) is 14.8. The minimum Gasteiger partial charge on any atom is -0.378 e. The lowest BCUT2D eigenvalue weighted by atomic mass is 10.1. The Labute approximate surface area is 123 Å². The van der Waals surface area contributed by atoms with Crippen molar-refractivity contribution in [3.8, 4) is 0 Å². The molecule has 1 aromatic carbocycles. The Hall–Kier alpha value is -2.08. The summed E-state index contributed by atoms with van der Waals surface area (Å²) in [6.07, 6.45) is 0.912. The summed E-state index contributed by atoms with van der Waals surface area (Å²) < 4.78 is 5.41. The first kappa shape index (κ1) is 13.9. The van der Waals surface area contributed by atoms with Crippen molar-refractivity contribution in [3.05, 3.63) is 24.3 Å². The van der Waals surface area contributed by atoms with Crippen LogP contribution in [0.4, 0.5) is 16.2 Å². The van der Waals surface area contributed by atoms with Crippen LogP contribution in [0.1, 0.15) is 13.3 Å². The number of carbonyl (C=O) groups excluding carboxylic acids is 2. The van der Waals surface area contributed by atoms with Crippen molar-refractivity contribution in [2.24, 2.45) is 5.92 Å². The van der Waals surface area contributed by atoms with Crippen LogP contribution in [0, 0.1) is 5.92 Å². The first-order valence-electron chi connectivity index (χ1n) is 7.21. The molecule has 3 amide bonds. The predicted molar refractivity (Wildman–Crippen MR) is 79.3 cm³/mol. The summed E-state index contributed by atoms with van der Waals surface area (Å²) >= 11 is 0. The average molecular weight is 289 g/mol. The van der Waals surface area contributed by atoms with E-state index in [0.29, 0.717) is 19.7 Å². The molecule has 2 aliphatic rings. The fourth-order valence-corrected chi connectivity index (χ4v) is 2.69. The summed E-state index contributed by atoms with van der Waals surface area (Å²) in [5.74, 6) is -0.0879. The molecule has 0 aliphatic carbocycles. The van der Waals surface area contributed by atoms with Crippen LogP contribution in [0.3, 0.4) is 0 Å². The predicted octanol–water partition coefficient (Wildman–Crippen LogP) is 1.58. The molecular formula is C15H19N3O3. The van der Waals surface area contributed by atoms with E-state index < -0.39 is 0 Å². The Kier molecular flexibility index (Phi) is 3.79. The van der Waals surface area contributed by atoms with E-state index >= 15 is 0 Å². The lowest BCUT2D eigenvalue weighted by Gasteiger charge is -2.15. The number of urea groups is 1. The molecular weight excluding hydrogens is 270 g/mol. The molecule has 2 N–H and O–H groups in total. The third-order valence-corrected chi connectivity index (χ3v) is 3.87. The Morgan fingerprint density at radius 3 is 2.71 bits per heavy atom. The molecule has 2 heterocycles. The second kappa shape index (κ2) is 5.73. The number of benzene rings is 1. The molecule has 112 valence electrons. The molecule has 2 unspecified atom stereocenters. The second-order valence-corrected chi connectivity index (χ2v) is 5.50. The number of hydrogen-bond donors (Lipinski definition) is 2. The van der Waals surface area contributed by atoms with E-state index in [0.717, 1.165) is 17.8 Å². The van der Waals surface area contributed by atoms with Crippen molar-refractivity contribution in [3.63, 3.8) is 0 Å². The maximum Gasteiger partial charge on any atom is 0.321 e. The lowest BCUT2D eigenvalue weighted by molar-refractivity contribution is -0.119. The van der Waals surface area contributed by atoms with Gasteiger partial charge >= 0.3 is 6.03 Å². The number of nitrogens with one attached hydrogen (secondary N) is 2. The highest BCUT2D eigenvalue weighted by molar-refractivity contribution is 5.95. The SMILES string of the molecule is CC1CC(C(=O)Nc2ccc(N3CCNC3=O)cc2)CO1. The van der Waals surface area contributed by atoms with Crippen LogP contribution in [0.5, 0.6) is 0 Å². The summed E-state index contributed by atoms with van der Waals surface area (Å²) in [5.41, 5.74) is 1.57. The van der Waals surface area contributed by atoms with Crippen LogP contribution in [0.15, 0.2) is 24.3 Å². The van der Waals surface area contributed by atoms with Gasteiger partial charge in [-0.05, 0) is 37.6 Å². The van der Waals surface area contributed by atoms with Gasteiger partial charge in [-0.1, -0.05) is 0 Å². The molecule has 0 radical (unpaired) electrons. The van der Waals surface area contributed by atoms with E-state index in [-0.39, 0.29) is 24.0 Å². The Morgan fingerprint density at radius 1 is 1.38 bits per heavy atom. The van der Waals surface area contributed by atoms with Crippen molar-refractivity contribution in [1.82, 2.24) is 5.32 Å². The molecule has 0 saturated carbocycles. The maximum atomic E-state index is 12.1. The number of carbonyl (C=O) groups is 2. The topological polar surface area (TPSA) is 70.7 Å². The van der Waals surface area contributed by atoms with Gasteiger partial charge in [0.1, 0.15) is 0 Å². The van der Waals surface area contributed by atoms with Gasteiger partial charge < -0.3 is 15.4 Å². The van der Waals surface area contributed by atoms with Crippen molar-refractivity contribution in [2.75, 3.05) is 29.9 Å². The van der Waals surface area contributed by atoms with Gasteiger partial charge in [0.25, 0.3) is 0 Å². The van der Waals surface area contributed by atoms with Crippen LogP contribution < -0.4 is 15.5 Å². The first-order chi connectivity index (χ1) is 10.1. The molecule has 0 bridgehead atoms. The summed E-state index contributed by atoms with van der Waals surface area (Å²) in [6, 6.07) is 7.24. The Morgan fingerprint density at radius 2 is 2.14 bits per heavy atom. The number of rotatable bonds is 3. The standard InChI is InChI=1S/C15H19N3O3/c1-10-8-11(9-21-10)14(19)17-12-2-4-13(5-3-12)18-7-6-16-15(18)20/h2-5,10-11H,6-9H2,1H3,(H,16,20)(H,17,19). The molecule has 2 saturated heterocycles. The summed E-state index contributed by atoms with van der Waals surface area (Å²) in [5, 5.41) is 5.65. The van der Waals surface area contributed by atoms with Gasteiger partial charge in [0.2, 0.25) is 5.91 Å². The maximum absolute atomic E-state index is 12.1. The van der Waals surface area contributed by atoms with E-state index in [1.165, 1.54) is 0 Å². The zero-order valence-electron chi connectivity index (χ0n) is 12.0. The van der Waals surface area contributed by atoms with Crippen molar-refractivity contribution < 1.29 is 14.3 Å². The number of amides is 3. The third-order valence-electron chi connectivity index (χ3n) is 3.87. The van der Waals surface area contributed by atoms with Gasteiger partial charge in [-0.2, -0.15) is 0 Å². The van der Waals surface area contributed by atoms with Gasteiger partial charge in [-0.25, -0.2) is 4.79 Å². The molecule has 6 nitrogen and oxygen atoms in total. The molecule has 0 spiro atoms. The zero-order valence-corrected chi connectivity index (χ0v) is 12.0. The molecule has 2 aliphatic heterocycles. The van der Waals surface area contributed by atoms with E-state index in [9.17, 15) is 9.59 Å². The summed E-state index contributed by atoms with van der Waals surface area (Å²) in [6.45, 7) is 3.79. The minimum atomic E-state index is -0.0797. The highest BCUT2D eigenvalue weighted by Crippen LogP contribution is 2.23. The second-order valence-electron chi connectivity index (χ2n) is 5.50.